The second-order valence-corrected chi connectivity index (χ2v) is 16.2. The van der Waals surface area contributed by atoms with Gasteiger partial charge >= 0.3 is 11.9 Å². The lowest BCUT2D eigenvalue weighted by Crippen LogP contribution is -2.47. The molecule has 0 saturated heterocycles. The zero-order chi connectivity index (χ0) is 40.4. The number of Topliss-reactive ketones (excluding diaryl/α,β-unsaturated/α-hetero) is 1. The highest BCUT2D eigenvalue weighted by Gasteiger charge is 2.37. The highest BCUT2D eigenvalue weighted by molar-refractivity contribution is 6.07. The molecular formula is C46H87N3O6. The van der Waals surface area contributed by atoms with Gasteiger partial charge in [-0.25, -0.2) is 0 Å². The first-order valence-corrected chi connectivity index (χ1v) is 23.3. The number of likely N-dealkylation sites (N-methyl/N-ethyl adjacent to an activating group) is 1. The first-order chi connectivity index (χ1) is 26.8. The first-order valence-electron chi connectivity index (χ1n) is 23.3. The summed E-state index contributed by atoms with van der Waals surface area (Å²) in [7, 11) is 1.71. The molecule has 322 valence electrons. The molecule has 55 heavy (non-hydrogen) atoms. The Morgan fingerprint density at radius 1 is 0.636 bits per heavy atom. The van der Waals surface area contributed by atoms with Crippen LogP contribution in [0.3, 0.4) is 0 Å². The largest absolute Gasteiger partial charge is 0.466 e. The van der Waals surface area contributed by atoms with Crippen molar-refractivity contribution in [3.8, 4) is 0 Å². The maximum atomic E-state index is 12.7. The third-order valence-electron chi connectivity index (χ3n) is 11.2. The lowest BCUT2D eigenvalue weighted by molar-refractivity contribution is -0.150. The molecule has 1 atom stereocenters. The van der Waals surface area contributed by atoms with E-state index < -0.39 is 6.10 Å². The van der Waals surface area contributed by atoms with Crippen molar-refractivity contribution in [3.63, 3.8) is 0 Å². The molecular weight excluding hydrogens is 691 g/mol. The number of carbonyl (C=O) groups excluding carboxylic acids is 3. The van der Waals surface area contributed by atoms with Gasteiger partial charge < -0.3 is 30.1 Å². The van der Waals surface area contributed by atoms with Crippen LogP contribution in [0.15, 0.2) is 11.4 Å². The van der Waals surface area contributed by atoms with Crippen molar-refractivity contribution in [1.82, 2.24) is 15.5 Å². The van der Waals surface area contributed by atoms with E-state index in [0.717, 1.165) is 122 Å². The van der Waals surface area contributed by atoms with Crippen LogP contribution in [0.2, 0.25) is 0 Å². The fourth-order valence-electron chi connectivity index (χ4n) is 7.80. The van der Waals surface area contributed by atoms with Crippen LogP contribution in [-0.2, 0) is 23.9 Å². The van der Waals surface area contributed by atoms with Gasteiger partial charge in [-0.15, -0.1) is 0 Å². The van der Waals surface area contributed by atoms with Crippen molar-refractivity contribution in [2.75, 3.05) is 39.8 Å². The molecule has 0 spiro atoms. The van der Waals surface area contributed by atoms with Crippen LogP contribution in [-0.4, -0.2) is 79.8 Å². The molecule has 0 radical (unpaired) electrons. The highest BCUT2D eigenvalue weighted by atomic mass is 16.5. The number of rotatable bonds is 40. The molecule has 0 aromatic carbocycles. The number of nitrogens with one attached hydrogen (secondary N) is 2. The summed E-state index contributed by atoms with van der Waals surface area (Å²) in [4.78, 5) is 39.3. The Bertz CT molecular complexity index is 986. The molecule has 0 saturated carbocycles. The highest BCUT2D eigenvalue weighted by Crippen LogP contribution is 2.21. The number of aliphatic hydroxyl groups excluding tert-OH is 1. The average Bonchev–Trinajstić information content (AvgIpc) is 3.17. The van der Waals surface area contributed by atoms with Gasteiger partial charge in [0, 0.05) is 26.4 Å². The SMILES string of the molecule is CCCCCCC(CCCCCC)OC(=O)CCCCCCCN(CCCCCCCC(=O)OCCC(CCC)CCC)CCCNC1=C(NC)C(=O)C1O. The van der Waals surface area contributed by atoms with Gasteiger partial charge in [-0.2, -0.15) is 0 Å². The minimum atomic E-state index is -1.03. The van der Waals surface area contributed by atoms with Crippen molar-refractivity contribution in [2.24, 2.45) is 5.92 Å². The summed E-state index contributed by atoms with van der Waals surface area (Å²) in [6.45, 7) is 13.3. The number of unbranched alkanes of at least 4 members (excludes halogenated alkanes) is 14. The molecule has 0 heterocycles. The maximum absolute atomic E-state index is 12.7. The van der Waals surface area contributed by atoms with Gasteiger partial charge in [-0.1, -0.05) is 130 Å². The summed E-state index contributed by atoms with van der Waals surface area (Å²) < 4.78 is 11.5. The molecule has 1 unspecified atom stereocenters. The molecule has 3 N–H and O–H groups in total. The number of aliphatic hydroxyl groups is 1. The van der Waals surface area contributed by atoms with Gasteiger partial charge in [-0.3, -0.25) is 14.4 Å². The molecule has 0 fully saturated rings. The molecule has 0 amide bonds. The van der Waals surface area contributed by atoms with Crippen LogP contribution in [0.5, 0.6) is 0 Å². The molecule has 0 aromatic rings. The summed E-state index contributed by atoms with van der Waals surface area (Å²) in [6.07, 6.45) is 29.4. The second kappa shape index (κ2) is 35.1. The van der Waals surface area contributed by atoms with Crippen molar-refractivity contribution < 1.29 is 29.0 Å². The molecule has 1 aliphatic carbocycles. The van der Waals surface area contributed by atoms with Gasteiger partial charge in [0.2, 0.25) is 5.78 Å². The number of hydrogen-bond acceptors (Lipinski definition) is 9. The Balaban J connectivity index is 2.37. The van der Waals surface area contributed by atoms with Crippen LogP contribution >= 0.6 is 0 Å². The average molecular weight is 778 g/mol. The summed E-state index contributed by atoms with van der Waals surface area (Å²) in [5.41, 5.74) is 1.10. The molecule has 0 aromatic heterocycles. The van der Waals surface area contributed by atoms with Gasteiger partial charge in [-0.05, 0) is 89.8 Å². The number of hydrogen-bond donors (Lipinski definition) is 3. The van der Waals surface area contributed by atoms with Gasteiger partial charge in [0.25, 0.3) is 0 Å². The number of nitrogens with zero attached hydrogens (tertiary/aromatic N) is 1. The zero-order valence-electron chi connectivity index (χ0n) is 36.5. The van der Waals surface area contributed by atoms with Crippen LogP contribution in [0.4, 0.5) is 0 Å². The minimum absolute atomic E-state index is 0.00890. The summed E-state index contributed by atoms with van der Waals surface area (Å²) in [5.74, 6) is 0.380. The van der Waals surface area contributed by atoms with E-state index >= 15 is 0 Å². The molecule has 0 aliphatic heterocycles. The van der Waals surface area contributed by atoms with E-state index in [1.807, 2.05) is 0 Å². The van der Waals surface area contributed by atoms with Crippen molar-refractivity contribution in [3.05, 3.63) is 11.4 Å². The third kappa shape index (κ3) is 25.7. The second-order valence-electron chi connectivity index (χ2n) is 16.2. The van der Waals surface area contributed by atoms with E-state index in [4.69, 9.17) is 9.47 Å². The predicted octanol–water partition coefficient (Wildman–Crippen LogP) is 10.3. The van der Waals surface area contributed by atoms with Crippen molar-refractivity contribution >= 4 is 17.7 Å². The molecule has 1 rings (SSSR count). The normalized spacial score (nSPS) is 14.3. The fraction of sp³-hybridized carbons (Fsp3) is 0.891. The van der Waals surface area contributed by atoms with Crippen molar-refractivity contribution in [2.45, 2.75) is 220 Å². The fourth-order valence-corrected chi connectivity index (χ4v) is 7.80. The Labute approximate surface area is 338 Å². The van der Waals surface area contributed by atoms with E-state index in [1.165, 1.54) is 64.2 Å². The maximum Gasteiger partial charge on any atom is 0.306 e. The number of carbonyl (C=O) groups is 3. The van der Waals surface area contributed by atoms with Gasteiger partial charge in [0.15, 0.2) is 6.10 Å². The molecule has 9 heteroatoms. The predicted molar refractivity (Wildman–Crippen MR) is 228 cm³/mol. The van der Waals surface area contributed by atoms with E-state index in [0.29, 0.717) is 43.3 Å². The van der Waals surface area contributed by atoms with Gasteiger partial charge in [0.1, 0.15) is 11.8 Å². The van der Waals surface area contributed by atoms with E-state index in [2.05, 4.69) is 43.2 Å². The first kappa shape index (κ1) is 50.9. The third-order valence-corrected chi connectivity index (χ3v) is 11.2. The number of ketones is 1. The van der Waals surface area contributed by atoms with E-state index in [1.54, 1.807) is 7.05 Å². The molecule has 0 bridgehead atoms. The van der Waals surface area contributed by atoms with E-state index in [-0.39, 0.29) is 23.8 Å². The number of ether oxygens (including phenoxy) is 2. The van der Waals surface area contributed by atoms with Crippen LogP contribution in [0, 0.1) is 5.92 Å². The summed E-state index contributed by atoms with van der Waals surface area (Å²) in [5, 5.41) is 16.2. The summed E-state index contributed by atoms with van der Waals surface area (Å²) in [6, 6.07) is 0. The van der Waals surface area contributed by atoms with Crippen molar-refractivity contribution in [1.29, 1.82) is 0 Å². The molecule has 9 nitrogen and oxygen atoms in total. The molecule has 1 aliphatic rings. The zero-order valence-corrected chi connectivity index (χ0v) is 36.5. The van der Waals surface area contributed by atoms with Crippen LogP contribution in [0.1, 0.15) is 207 Å². The lowest BCUT2D eigenvalue weighted by Gasteiger charge is -2.29. The Morgan fingerprint density at radius 2 is 1.15 bits per heavy atom. The van der Waals surface area contributed by atoms with E-state index in [9.17, 15) is 19.5 Å². The summed E-state index contributed by atoms with van der Waals surface area (Å²) >= 11 is 0. The minimum Gasteiger partial charge on any atom is -0.466 e. The monoisotopic (exact) mass is 778 g/mol. The smallest absolute Gasteiger partial charge is 0.306 e. The standard InChI is InChI=1S/C46H87N3O6/c1-6-10-12-20-29-40(30-21-13-11-7-2)55-42(51)32-23-17-15-19-25-36-49(37-26-34-48-44-43(47-5)45(52)46(44)53)35-24-18-14-16-22-31-41(50)54-38-33-39(27-8-3)28-9-4/h39-40,46-48,53H,6-38H2,1-5H3. The van der Waals surface area contributed by atoms with Crippen LogP contribution in [0.25, 0.3) is 0 Å². The topological polar surface area (TPSA) is 117 Å². The lowest BCUT2D eigenvalue weighted by atomic mass is 9.95. The number of esters is 2. The van der Waals surface area contributed by atoms with Gasteiger partial charge in [0.05, 0.1) is 12.3 Å². The van der Waals surface area contributed by atoms with Crippen LogP contribution < -0.4 is 10.6 Å². The quantitative estimate of drug-likeness (QED) is 0.0413. The Kier molecular flexibility index (Phi) is 32.4. The Hall–Kier alpha value is -2.13. The Morgan fingerprint density at radius 3 is 1.69 bits per heavy atom.